The Morgan fingerprint density at radius 2 is 2.33 bits per heavy atom. The first-order valence-electron chi connectivity index (χ1n) is 6.04. The van der Waals surface area contributed by atoms with Crippen LogP contribution in [0.15, 0.2) is 18.3 Å². The molecule has 1 aliphatic heterocycles. The Balaban J connectivity index is 2.15. The van der Waals surface area contributed by atoms with Crippen LogP contribution in [0.2, 0.25) is 5.02 Å². The van der Waals surface area contributed by atoms with E-state index in [0.29, 0.717) is 10.6 Å². The standard InChI is InChI=1S/C13H13ClN2O2/c14-11-5-4-9(8-17)10-7-15-16(13(10)11)12-3-1-2-6-18-12/h4-5,7-8,12H,1-3,6H2. The first-order chi connectivity index (χ1) is 8.81. The van der Waals surface area contributed by atoms with Gasteiger partial charge in [-0.3, -0.25) is 4.79 Å². The Morgan fingerprint density at radius 1 is 1.44 bits per heavy atom. The first-order valence-corrected chi connectivity index (χ1v) is 6.41. The molecular weight excluding hydrogens is 252 g/mol. The van der Waals surface area contributed by atoms with Crippen molar-refractivity contribution in [2.24, 2.45) is 0 Å². The van der Waals surface area contributed by atoms with Crippen LogP contribution in [0.25, 0.3) is 10.9 Å². The summed E-state index contributed by atoms with van der Waals surface area (Å²) in [5.41, 5.74) is 1.39. The van der Waals surface area contributed by atoms with Gasteiger partial charge in [0.05, 0.1) is 16.7 Å². The van der Waals surface area contributed by atoms with Gasteiger partial charge in [-0.15, -0.1) is 0 Å². The number of carbonyl (C=O) groups is 1. The van der Waals surface area contributed by atoms with Gasteiger partial charge in [0.2, 0.25) is 0 Å². The van der Waals surface area contributed by atoms with E-state index in [0.717, 1.165) is 43.1 Å². The maximum atomic E-state index is 11.0. The van der Waals surface area contributed by atoms with E-state index in [1.807, 2.05) is 0 Å². The number of nitrogens with zero attached hydrogens (tertiary/aromatic N) is 2. The molecule has 0 aliphatic carbocycles. The lowest BCUT2D eigenvalue weighted by Gasteiger charge is -2.23. The molecule has 1 saturated heterocycles. The highest BCUT2D eigenvalue weighted by molar-refractivity contribution is 6.35. The summed E-state index contributed by atoms with van der Waals surface area (Å²) < 4.78 is 7.51. The highest BCUT2D eigenvalue weighted by Crippen LogP contribution is 2.31. The number of rotatable bonds is 2. The smallest absolute Gasteiger partial charge is 0.150 e. The Bertz CT molecular complexity index is 588. The van der Waals surface area contributed by atoms with Crippen LogP contribution in [0.4, 0.5) is 0 Å². The summed E-state index contributed by atoms with van der Waals surface area (Å²) in [6, 6.07) is 3.44. The molecule has 1 fully saturated rings. The van der Waals surface area contributed by atoms with Gasteiger partial charge in [-0.1, -0.05) is 11.6 Å². The number of aromatic nitrogens is 2. The van der Waals surface area contributed by atoms with Gasteiger partial charge in [-0.2, -0.15) is 5.10 Å². The zero-order chi connectivity index (χ0) is 12.5. The van der Waals surface area contributed by atoms with Crippen LogP contribution < -0.4 is 0 Å². The van der Waals surface area contributed by atoms with Gasteiger partial charge in [0.1, 0.15) is 0 Å². The topological polar surface area (TPSA) is 44.1 Å². The van der Waals surface area contributed by atoms with Crippen molar-refractivity contribution in [1.82, 2.24) is 9.78 Å². The van der Waals surface area contributed by atoms with Crippen molar-refractivity contribution in [3.8, 4) is 0 Å². The average molecular weight is 265 g/mol. The summed E-state index contributed by atoms with van der Waals surface area (Å²) >= 11 is 6.22. The molecule has 0 radical (unpaired) electrons. The van der Waals surface area contributed by atoms with Gasteiger partial charge in [-0.05, 0) is 31.4 Å². The van der Waals surface area contributed by atoms with Crippen LogP contribution in [0, 0.1) is 0 Å². The number of aldehydes is 1. The molecule has 2 aromatic rings. The van der Waals surface area contributed by atoms with Crippen molar-refractivity contribution in [3.63, 3.8) is 0 Å². The molecule has 1 aromatic heterocycles. The minimum absolute atomic E-state index is 0.0735. The van der Waals surface area contributed by atoms with E-state index >= 15 is 0 Å². The molecule has 5 heteroatoms. The zero-order valence-electron chi connectivity index (χ0n) is 9.80. The van der Waals surface area contributed by atoms with Crippen molar-refractivity contribution in [2.45, 2.75) is 25.5 Å². The molecule has 0 spiro atoms. The highest BCUT2D eigenvalue weighted by atomic mass is 35.5. The number of hydrogen-bond donors (Lipinski definition) is 0. The molecule has 1 unspecified atom stereocenters. The van der Waals surface area contributed by atoms with Crippen LogP contribution >= 0.6 is 11.6 Å². The zero-order valence-corrected chi connectivity index (χ0v) is 10.6. The number of halogens is 1. The molecule has 4 nitrogen and oxygen atoms in total. The highest BCUT2D eigenvalue weighted by Gasteiger charge is 2.20. The Morgan fingerprint density at radius 3 is 3.06 bits per heavy atom. The summed E-state index contributed by atoms with van der Waals surface area (Å²) in [4.78, 5) is 11.0. The number of carbonyl (C=O) groups excluding carboxylic acids is 1. The third kappa shape index (κ3) is 1.82. The van der Waals surface area contributed by atoms with E-state index in [1.54, 1.807) is 23.0 Å². The van der Waals surface area contributed by atoms with Gasteiger partial charge in [0.15, 0.2) is 12.5 Å². The second-order valence-electron chi connectivity index (χ2n) is 4.43. The van der Waals surface area contributed by atoms with Crippen molar-refractivity contribution in [1.29, 1.82) is 0 Å². The Kier molecular flexibility index (Phi) is 3.06. The molecule has 2 heterocycles. The number of hydrogen-bond acceptors (Lipinski definition) is 3. The van der Waals surface area contributed by atoms with Crippen LogP contribution in [-0.4, -0.2) is 22.7 Å². The largest absolute Gasteiger partial charge is 0.356 e. The third-order valence-corrected chi connectivity index (χ3v) is 3.60. The molecule has 0 N–H and O–H groups in total. The van der Waals surface area contributed by atoms with Crippen molar-refractivity contribution in [3.05, 3.63) is 28.9 Å². The molecule has 94 valence electrons. The monoisotopic (exact) mass is 264 g/mol. The van der Waals surface area contributed by atoms with Crippen LogP contribution in [-0.2, 0) is 4.74 Å². The Labute approximate surface area is 109 Å². The molecule has 3 rings (SSSR count). The molecule has 0 saturated carbocycles. The molecule has 1 atom stereocenters. The SMILES string of the molecule is O=Cc1ccc(Cl)c2c1cnn2C1CCCCO1. The van der Waals surface area contributed by atoms with Crippen molar-refractivity contribution in [2.75, 3.05) is 6.61 Å². The predicted molar refractivity (Wildman–Crippen MR) is 69.0 cm³/mol. The summed E-state index contributed by atoms with van der Waals surface area (Å²) in [7, 11) is 0. The van der Waals surface area contributed by atoms with E-state index in [1.165, 1.54) is 0 Å². The fourth-order valence-corrected chi connectivity index (χ4v) is 2.63. The van der Waals surface area contributed by atoms with Crippen LogP contribution in [0.1, 0.15) is 35.8 Å². The van der Waals surface area contributed by atoms with E-state index in [4.69, 9.17) is 16.3 Å². The molecule has 18 heavy (non-hydrogen) atoms. The second kappa shape index (κ2) is 4.71. The fraction of sp³-hybridized carbons (Fsp3) is 0.385. The molecule has 1 aliphatic rings. The lowest BCUT2D eigenvalue weighted by Crippen LogP contribution is -2.19. The van der Waals surface area contributed by atoms with E-state index in [2.05, 4.69) is 5.10 Å². The third-order valence-electron chi connectivity index (χ3n) is 3.30. The molecular formula is C13H13ClN2O2. The average Bonchev–Trinajstić information content (AvgIpc) is 2.86. The number of benzene rings is 1. The lowest BCUT2D eigenvalue weighted by atomic mass is 10.1. The van der Waals surface area contributed by atoms with Crippen molar-refractivity contribution >= 4 is 28.8 Å². The van der Waals surface area contributed by atoms with E-state index < -0.39 is 0 Å². The van der Waals surface area contributed by atoms with Gasteiger partial charge < -0.3 is 4.74 Å². The molecule has 0 amide bonds. The maximum Gasteiger partial charge on any atom is 0.150 e. The van der Waals surface area contributed by atoms with Crippen LogP contribution in [0.3, 0.4) is 0 Å². The quantitative estimate of drug-likeness (QED) is 0.783. The molecule has 1 aromatic carbocycles. The lowest BCUT2D eigenvalue weighted by molar-refractivity contribution is -0.0366. The second-order valence-corrected chi connectivity index (χ2v) is 4.83. The predicted octanol–water partition coefficient (Wildman–Crippen LogP) is 3.20. The first kappa shape index (κ1) is 11.7. The number of fused-ring (bicyclic) bond motifs is 1. The molecule has 0 bridgehead atoms. The summed E-state index contributed by atoms with van der Waals surface area (Å²) in [5, 5.41) is 5.72. The summed E-state index contributed by atoms with van der Waals surface area (Å²) in [6.45, 7) is 0.747. The summed E-state index contributed by atoms with van der Waals surface area (Å²) in [6.07, 6.45) is 5.57. The van der Waals surface area contributed by atoms with Gasteiger partial charge in [0, 0.05) is 17.6 Å². The van der Waals surface area contributed by atoms with Crippen molar-refractivity contribution < 1.29 is 9.53 Å². The van der Waals surface area contributed by atoms with E-state index in [-0.39, 0.29) is 6.23 Å². The van der Waals surface area contributed by atoms with E-state index in [9.17, 15) is 4.79 Å². The minimum atomic E-state index is -0.0735. The summed E-state index contributed by atoms with van der Waals surface area (Å²) in [5.74, 6) is 0. The minimum Gasteiger partial charge on any atom is -0.356 e. The number of ether oxygens (including phenoxy) is 1. The fourth-order valence-electron chi connectivity index (χ4n) is 2.38. The van der Waals surface area contributed by atoms with Gasteiger partial charge >= 0.3 is 0 Å². The van der Waals surface area contributed by atoms with Crippen LogP contribution in [0.5, 0.6) is 0 Å². The normalized spacial score (nSPS) is 20.2. The Hall–Kier alpha value is -1.39. The maximum absolute atomic E-state index is 11.0. The van der Waals surface area contributed by atoms with Gasteiger partial charge in [-0.25, -0.2) is 4.68 Å². The van der Waals surface area contributed by atoms with Gasteiger partial charge in [0.25, 0.3) is 0 Å².